The molecule has 0 saturated carbocycles. The maximum absolute atomic E-state index is 12.1. The Morgan fingerprint density at radius 1 is 1.40 bits per heavy atom. The van der Waals surface area contributed by atoms with E-state index in [-0.39, 0.29) is 22.4 Å². The fourth-order valence-electron chi connectivity index (χ4n) is 1.59. The molecule has 20 heavy (non-hydrogen) atoms. The van der Waals surface area contributed by atoms with Crippen LogP contribution in [0, 0.1) is 6.92 Å². The summed E-state index contributed by atoms with van der Waals surface area (Å²) in [6, 6.07) is 0. The summed E-state index contributed by atoms with van der Waals surface area (Å²) in [4.78, 5) is 16.0. The van der Waals surface area contributed by atoms with Crippen molar-refractivity contribution in [2.24, 2.45) is 0 Å². The zero-order chi connectivity index (χ0) is 15.1. The van der Waals surface area contributed by atoms with Crippen LogP contribution in [-0.2, 0) is 26.7 Å². The number of aryl methyl sites for hydroxylation is 1. The predicted molar refractivity (Wildman–Crippen MR) is 70.1 cm³/mol. The van der Waals surface area contributed by atoms with E-state index in [0.29, 0.717) is 0 Å². The van der Waals surface area contributed by atoms with E-state index < -0.39 is 26.5 Å². The Kier molecular flexibility index (Phi) is 3.71. The maximum Gasteiger partial charge on any atom is 0.354 e. The van der Waals surface area contributed by atoms with Gasteiger partial charge in [0.1, 0.15) is 11.7 Å². The topological polar surface area (TPSA) is 128 Å². The average Bonchev–Trinajstić information content (AvgIpc) is 2.71. The van der Waals surface area contributed by atoms with E-state index in [0.717, 1.165) is 9.08 Å². The first-order chi connectivity index (χ1) is 9.27. The van der Waals surface area contributed by atoms with Gasteiger partial charge in [-0.2, -0.15) is 4.68 Å². The quantitative estimate of drug-likeness (QED) is 0.679. The van der Waals surface area contributed by atoms with Gasteiger partial charge in [-0.25, -0.2) is 27.3 Å². The van der Waals surface area contributed by atoms with Gasteiger partial charge in [-0.3, -0.25) is 4.21 Å². The van der Waals surface area contributed by atoms with Gasteiger partial charge in [-0.05, 0) is 14.0 Å². The first kappa shape index (κ1) is 14.7. The molecule has 2 aromatic heterocycles. The minimum absolute atomic E-state index is 0.131. The lowest BCUT2D eigenvalue weighted by Gasteiger charge is -2.02. The Morgan fingerprint density at radius 3 is 2.60 bits per heavy atom. The first-order valence-electron chi connectivity index (χ1n) is 5.34. The van der Waals surface area contributed by atoms with Crippen molar-refractivity contribution in [3.05, 3.63) is 16.3 Å². The van der Waals surface area contributed by atoms with Crippen LogP contribution in [0.25, 0.3) is 5.65 Å². The number of rotatable bonds is 4. The van der Waals surface area contributed by atoms with E-state index in [1.165, 1.54) is 20.2 Å². The van der Waals surface area contributed by atoms with E-state index >= 15 is 0 Å². The lowest BCUT2D eigenvalue weighted by molar-refractivity contribution is 0.575. The van der Waals surface area contributed by atoms with Crippen molar-refractivity contribution in [2.45, 2.75) is 17.8 Å². The van der Waals surface area contributed by atoms with Gasteiger partial charge < -0.3 is 0 Å². The molecule has 1 N–H and O–H groups in total. The summed E-state index contributed by atoms with van der Waals surface area (Å²) in [7, 11) is -3.91. The lowest BCUT2D eigenvalue weighted by Crippen LogP contribution is -2.32. The SMILES string of the molecule is CNS(=O)(=O)c1nc(C)n2c(=O)n(CS(C)=O)nnc12. The molecule has 0 aromatic carbocycles. The third-order valence-corrected chi connectivity index (χ3v) is 4.41. The van der Waals surface area contributed by atoms with E-state index in [1.54, 1.807) is 0 Å². The van der Waals surface area contributed by atoms with Crippen LogP contribution in [0.1, 0.15) is 5.82 Å². The van der Waals surface area contributed by atoms with Crippen molar-refractivity contribution in [1.29, 1.82) is 0 Å². The normalized spacial score (nSPS) is 13.8. The summed E-state index contributed by atoms with van der Waals surface area (Å²) in [6.45, 7) is 1.47. The van der Waals surface area contributed by atoms with Crippen LogP contribution >= 0.6 is 0 Å². The van der Waals surface area contributed by atoms with Crippen molar-refractivity contribution in [1.82, 2.24) is 29.1 Å². The molecule has 0 aliphatic rings. The van der Waals surface area contributed by atoms with Crippen LogP contribution in [-0.4, -0.2) is 50.3 Å². The molecule has 2 heterocycles. The zero-order valence-corrected chi connectivity index (χ0v) is 12.5. The smallest absolute Gasteiger partial charge is 0.258 e. The number of aromatic nitrogens is 5. The van der Waals surface area contributed by atoms with Gasteiger partial charge >= 0.3 is 5.69 Å². The number of sulfonamides is 1. The highest BCUT2D eigenvalue weighted by Gasteiger charge is 2.24. The second-order valence-corrected chi connectivity index (χ2v) is 7.11. The third-order valence-electron chi connectivity index (χ3n) is 2.48. The molecule has 0 fully saturated rings. The Morgan fingerprint density at radius 2 is 2.05 bits per heavy atom. The molecule has 10 nitrogen and oxygen atoms in total. The van der Waals surface area contributed by atoms with E-state index in [9.17, 15) is 17.4 Å². The molecule has 0 aliphatic carbocycles. The first-order valence-corrected chi connectivity index (χ1v) is 8.55. The highest BCUT2D eigenvalue weighted by atomic mass is 32.2. The Hall–Kier alpha value is -1.66. The largest absolute Gasteiger partial charge is 0.354 e. The average molecular weight is 320 g/mol. The second-order valence-electron chi connectivity index (χ2n) is 3.90. The maximum atomic E-state index is 12.1. The fourth-order valence-corrected chi connectivity index (χ4v) is 2.92. The minimum atomic E-state index is -3.85. The molecule has 2 rings (SSSR count). The highest BCUT2D eigenvalue weighted by molar-refractivity contribution is 7.89. The predicted octanol–water partition coefficient (Wildman–Crippen LogP) is -2.16. The Bertz CT molecular complexity index is 852. The lowest BCUT2D eigenvalue weighted by atomic mass is 10.7. The minimum Gasteiger partial charge on any atom is -0.258 e. The molecule has 0 aliphatic heterocycles. The van der Waals surface area contributed by atoms with Crippen LogP contribution in [0.5, 0.6) is 0 Å². The summed E-state index contributed by atoms with van der Waals surface area (Å²) in [6.07, 6.45) is 1.41. The summed E-state index contributed by atoms with van der Waals surface area (Å²) in [5.41, 5.74) is -0.812. The van der Waals surface area contributed by atoms with Crippen molar-refractivity contribution in [3.8, 4) is 0 Å². The summed E-state index contributed by atoms with van der Waals surface area (Å²) in [5.74, 6) is 0.0254. The third kappa shape index (κ3) is 2.36. The highest BCUT2D eigenvalue weighted by Crippen LogP contribution is 2.12. The second kappa shape index (κ2) is 5.03. The van der Waals surface area contributed by atoms with Crippen molar-refractivity contribution < 1.29 is 12.6 Å². The molecule has 0 radical (unpaired) electrons. The number of hydrogen-bond acceptors (Lipinski definition) is 7. The number of imidazole rings is 1. The molecule has 0 bridgehead atoms. The molecule has 12 heteroatoms. The number of hydrogen-bond donors (Lipinski definition) is 1. The molecule has 0 spiro atoms. The Labute approximate surface area is 116 Å². The molecule has 2 aromatic rings. The number of nitrogens with one attached hydrogen (secondary N) is 1. The fraction of sp³-hybridized carbons (Fsp3) is 0.500. The number of fused-ring (bicyclic) bond motifs is 1. The summed E-state index contributed by atoms with van der Waals surface area (Å²) in [5, 5.41) is 6.90. The van der Waals surface area contributed by atoms with Crippen LogP contribution in [0.15, 0.2) is 9.82 Å². The van der Waals surface area contributed by atoms with Crippen LogP contribution in [0.3, 0.4) is 0 Å². The van der Waals surface area contributed by atoms with Crippen LogP contribution in [0.4, 0.5) is 0 Å². The summed E-state index contributed by atoms with van der Waals surface area (Å²) >= 11 is 0. The van der Waals surface area contributed by atoms with Crippen molar-refractivity contribution >= 4 is 26.5 Å². The van der Waals surface area contributed by atoms with Gasteiger partial charge in [0, 0.05) is 17.1 Å². The zero-order valence-electron chi connectivity index (χ0n) is 10.9. The summed E-state index contributed by atoms with van der Waals surface area (Å²) < 4.78 is 38.7. The molecule has 0 saturated heterocycles. The van der Waals surface area contributed by atoms with Crippen molar-refractivity contribution in [2.75, 3.05) is 13.3 Å². The van der Waals surface area contributed by atoms with Crippen LogP contribution in [0.2, 0.25) is 0 Å². The Balaban J connectivity index is 2.80. The molecule has 1 unspecified atom stereocenters. The monoisotopic (exact) mass is 320 g/mol. The molecular formula is C8H12N6O4S2. The van der Waals surface area contributed by atoms with Crippen molar-refractivity contribution in [3.63, 3.8) is 0 Å². The van der Waals surface area contributed by atoms with E-state index in [4.69, 9.17) is 0 Å². The van der Waals surface area contributed by atoms with Gasteiger partial charge in [0.15, 0.2) is 0 Å². The van der Waals surface area contributed by atoms with Gasteiger partial charge in [0.2, 0.25) is 10.7 Å². The van der Waals surface area contributed by atoms with Gasteiger partial charge in [0.05, 0.1) is 0 Å². The van der Waals surface area contributed by atoms with Crippen LogP contribution < -0.4 is 10.4 Å². The molecule has 1 atom stereocenters. The van der Waals surface area contributed by atoms with Gasteiger partial charge in [-0.15, -0.1) is 5.10 Å². The molecule has 110 valence electrons. The van der Waals surface area contributed by atoms with E-state index in [1.807, 2.05) is 0 Å². The standard InChI is InChI=1S/C8H12N6O4S2/c1-5-10-7(20(17,18)9-2)6-11-12-13(4-19(3)16)8(15)14(5)6/h9H,4H2,1-3H3. The molecular weight excluding hydrogens is 308 g/mol. The molecule has 0 amide bonds. The number of nitrogens with zero attached hydrogens (tertiary/aromatic N) is 5. The van der Waals surface area contributed by atoms with Gasteiger partial charge in [0.25, 0.3) is 10.0 Å². The van der Waals surface area contributed by atoms with Gasteiger partial charge in [-0.1, -0.05) is 5.21 Å². The van der Waals surface area contributed by atoms with E-state index in [2.05, 4.69) is 20.0 Å².